The standard InChI is InChI=1S/C16H15Br2N3O3/c17-12-7-10(8-13(18)15(12)22)16(23)20-19-9-11-3-4-14(24-11)21-5-1-2-6-21/h3-4,7-9,22H,1-2,5-6H2,(H,20,23)/b19-9-. The third kappa shape index (κ3) is 3.81. The molecule has 0 aliphatic carbocycles. The number of amides is 1. The number of aromatic hydroxyl groups is 1. The molecule has 8 heteroatoms. The van der Waals surface area contributed by atoms with E-state index in [-0.39, 0.29) is 11.7 Å². The maximum absolute atomic E-state index is 12.1. The Bertz CT molecular complexity index is 760. The van der Waals surface area contributed by atoms with E-state index >= 15 is 0 Å². The summed E-state index contributed by atoms with van der Waals surface area (Å²) >= 11 is 6.37. The Morgan fingerprint density at radius 3 is 2.58 bits per heavy atom. The van der Waals surface area contributed by atoms with E-state index in [2.05, 4.69) is 47.3 Å². The number of anilines is 1. The highest BCUT2D eigenvalue weighted by molar-refractivity contribution is 9.11. The number of furan rings is 1. The number of phenols is 1. The van der Waals surface area contributed by atoms with E-state index in [1.165, 1.54) is 31.2 Å². The van der Waals surface area contributed by atoms with Gasteiger partial charge >= 0.3 is 0 Å². The lowest BCUT2D eigenvalue weighted by molar-refractivity contribution is 0.0955. The molecule has 0 atom stereocenters. The summed E-state index contributed by atoms with van der Waals surface area (Å²) in [6.45, 7) is 2.01. The second-order valence-electron chi connectivity index (χ2n) is 5.36. The fourth-order valence-electron chi connectivity index (χ4n) is 2.43. The lowest BCUT2D eigenvalue weighted by atomic mass is 10.2. The van der Waals surface area contributed by atoms with Crippen molar-refractivity contribution in [3.8, 4) is 5.75 Å². The molecule has 2 N–H and O–H groups in total. The second kappa shape index (κ2) is 7.40. The Kier molecular flexibility index (Phi) is 5.25. The first kappa shape index (κ1) is 17.0. The predicted molar refractivity (Wildman–Crippen MR) is 98.7 cm³/mol. The number of hydrazone groups is 1. The van der Waals surface area contributed by atoms with Crippen molar-refractivity contribution in [1.82, 2.24) is 5.43 Å². The first-order chi connectivity index (χ1) is 11.5. The lowest BCUT2D eigenvalue weighted by Crippen LogP contribution is -2.17. The third-order valence-electron chi connectivity index (χ3n) is 3.67. The van der Waals surface area contributed by atoms with Gasteiger partial charge in [0.1, 0.15) is 11.5 Å². The van der Waals surface area contributed by atoms with Gasteiger partial charge in [-0.1, -0.05) is 0 Å². The number of carbonyl (C=O) groups excluding carboxylic acids is 1. The number of benzene rings is 1. The van der Waals surface area contributed by atoms with Crippen LogP contribution in [0.25, 0.3) is 0 Å². The van der Waals surface area contributed by atoms with Gasteiger partial charge in [-0.15, -0.1) is 0 Å². The van der Waals surface area contributed by atoms with Crippen molar-refractivity contribution in [3.05, 3.63) is 44.5 Å². The SMILES string of the molecule is O=C(N/N=C\c1ccc(N2CCCC2)o1)c1cc(Br)c(O)c(Br)c1. The third-order valence-corrected chi connectivity index (χ3v) is 4.88. The zero-order valence-corrected chi connectivity index (χ0v) is 15.8. The van der Waals surface area contributed by atoms with Gasteiger partial charge in [0.15, 0.2) is 5.88 Å². The van der Waals surface area contributed by atoms with Crippen LogP contribution in [0.15, 0.2) is 42.7 Å². The molecule has 0 unspecified atom stereocenters. The summed E-state index contributed by atoms with van der Waals surface area (Å²) in [5.74, 6) is 1.05. The Labute approximate surface area is 155 Å². The van der Waals surface area contributed by atoms with Crippen LogP contribution < -0.4 is 10.3 Å². The van der Waals surface area contributed by atoms with Crippen LogP contribution in [-0.4, -0.2) is 30.3 Å². The summed E-state index contributed by atoms with van der Waals surface area (Å²) in [4.78, 5) is 14.3. The summed E-state index contributed by atoms with van der Waals surface area (Å²) in [6, 6.07) is 6.76. The minimum Gasteiger partial charge on any atom is -0.506 e. The van der Waals surface area contributed by atoms with Crippen LogP contribution in [0, 0.1) is 0 Å². The first-order valence-electron chi connectivity index (χ1n) is 7.41. The minimum absolute atomic E-state index is 0.0417. The van der Waals surface area contributed by atoms with Crippen LogP contribution >= 0.6 is 31.9 Å². The van der Waals surface area contributed by atoms with Crippen LogP contribution in [0.1, 0.15) is 29.0 Å². The molecule has 3 rings (SSSR count). The summed E-state index contributed by atoms with van der Waals surface area (Å²) in [6.07, 6.45) is 3.82. The number of rotatable bonds is 4. The molecule has 1 aromatic heterocycles. The van der Waals surface area contributed by atoms with Crippen molar-refractivity contribution in [1.29, 1.82) is 0 Å². The van der Waals surface area contributed by atoms with Crippen LogP contribution in [0.4, 0.5) is 5.88 Å². The number of hydrogen-bond donors (Lipinski definition) is 2. The summed E-state index contributed by atoms with van der Waals surface area (Å²) in [5.41, 5.74) is 2.80. The summed E-state index contributed by atoms with van der Waals surface area (Å²) in [7, 11) is 0. The van der Waals surface area contributed by atoms with Gasteiger partial charge in [0, 0.05) is 24.7 Å². The molecule has 1 aliphatic heterocycles. The average molecular weight is 457 g/mol. The van der Waals surface area contributed by atoms with E-state index in [9.17, 15) is 9.90 Å². The van der Waals surface area contributed by atoms with E-state index in [0.29, 0.717) is 20.3 Å². The molecule has 1 aromatic carbocycles. The van der Waals surface area contributed by atoms with Crippen LogP contribution in [0.2, 0.25) is 0 Å². The fourth-order valence-corrected chi connectivity index (χ4v) is 3.62. The Hall–Kier alpha value is -1.80. The van der Waals surface area contributed by atoms with Crippen LogP contribution in [0.5, 0.6) is 5.75 Å². The van der Waals surface area contributed by atoms with Gasteiger partial charge in [0.05, 0.1) is 15.2 Å². The topological polar surface area (TPSA) is 78.1 Å². The molecular weight excluding hydrogens is 442 g/mol. The van der Waals surface area contributed by atoms with E-state index in [1.54, 1.807) is 0 Å². The van der Waals surface area contributed by atoms with Crippen molar-refractivity contribution in [2.75, 3.05) is 18.0 Å². The smallest absolute Gasteiger partial charge is 0.271 e. The predicted octanol–water partition coefficient (Wildman–Crippen LogP) is 3.87. The van der Waals surface area contributed by atoms with Gasteiger partial charge in [-0.05, 0) is 62.9 Å². The van der Waals surface area contributed by atoms with Gasteiger partial charge in [-0.2, -0.15) is 5.10 Å². The number of nitrogens with one attached hydrogen (secondary N) is 1. The highest BCUT2D eigenvalue weighted by atomic mass is 79.9. The minimum atomic E-state index is -0.390. The molecule has 2 heterocycles. The molecule has 0 saturated carbocycles. The maximum atomic E-state index is 12.1. The number of carbonyl (C=O) groups is 1. The largest absolute Gasteiger partial charge is 0.506 e. The Morgan fingerprint density at radius 1 is 1.25 bits per heavy atom. The van der Waals surface area contributed by atoms with Crippen molar-refractivity contribution in [2.24, 2.45) is 5.10 Å². The average Bonchev–Trinajstić information content (AvgIpc) is 3.23. The zero-order chi connectivity index (χ0) is 17.1. The number of hydrogen-bond acceptors (Lipinski definition) is 5. The Balaban J connectivity index is 1.62. The molecule has 2 aromatic rings. The fraction of sp³-hybridized carbons (Fsp3) is 0.250. The highest BCUT2D eigenvalue weighted by Gasteiger charge is 2.15. The molecule has 126 valence electrons. The molecule has 1 fully saturated rings. The number of nitrogens with zero attached hydrogens (tertiary/aromatic N) is 2. The Morgan fingerprint density at radius 2 is 1.92 bits per heavy atom. The molecule has 0 spiro atoms. The van der Waals surface area contributed by atoms with Crippen LogP contribution in [-0.2, 0) is 0 Å². The lowest BCUT2D eigenvalue weighted by Gasteiger charge is -2.12. The van der Waals surface area contributed by atoms with E-state index < -0.39 is 0 Å². The second-order valence-corrected chi connectivity index (χ2v) is 7.07. The van der Waals surface area contributed by atoms with Crippen LogP contribution in [0.3, 0.4) is 0 Å². The number of phenolic OH excluding ortho intramolecular Hbond substituents is 1. The molecule has 1 aliphatic rings. The quantitative estimate of drug-likeness (QED) is 0.540. The van der Waals surface area contributed by atoms with Gasteiger partial charge in [0.25, 0.3) is 5.91 Å². The van der Waals surface area contributed by atoms with Gasteiger partial charge in [-0.3, -0.25) is 4.79 Å². The van der Waals surface area contributed by atoms with Crippen molar-refractivity contribution in [3.63, 3.8) is 0 Å². The van der Waals surface area contributed by atoms with E-state index in [1.807, 2.05) is 12.1 Å². The van der Waals surface area contributed by atoms with Crippen molar-refractivity contribution >= 4 is 49.9 Å². The molecule has 0 bridgehead atoms. The van der Waals surface area contributed by atoms with Gasteiger partial charge < -0.3 is 14.4 Å². The molecule has 1 amide bonds. The molecular formula is C16H15Br2N3O3. The van der Waals surface area contributed by atoms with Crippen molar-refractivity contribution in [2.45, 2.75) is 12.8 Å². The first-order valence-corrected chi connectivity index (χ1v) is 8.99. The van der Waals surface area contributed by atoms with E-state index in [4.69, 9.17) is 4.42 Å². The van der Waals surface area contributed by atoms with Crippen molar-refractivity contribution < 1.29 is 14.3 Å². The monoisotopic (exact) mass is 455 g/mol. The van der Waals surface area contributed by atoms with E-state index in [0.717, 1.165) is 19.0 Å². The summed E-state index contributed by atoms with van der Waals surface area (Å²) in [5, 5.41) is 13.6. The van der Waals surface area contributed by atoms with Gasteiger partial charge in [0.2, 0.25) is 0 Å². The van der Waals surface area contributed by atoms with Gasteiger partial charge in [-0.25, -0.2) is 5.43 Å². The molecule has 24 heavy (non-hydrogen) atoms. The highest BCUT2D eigenvalue weighted by Crippen LogP contribution is 2.33. The molecule has 1 saturated heterocycles. The zero-order valence-electron chi connectivity index (χ0n) is 12.6. The summed E-state index contributed by atoms with van der Waals surface area (Å²) < 4.78 is 6.53. The molecule has 6 nitrogen and oxygen atoms in total. The molecule has 0 radical (unpaired) electrons. The maximum Gasteiger partial charge on any atom is 0.271 e. The number of halogens is 2. The normalized spacial score (nSPS) is 14.5.